The molecule has 0 bridgehead atoms. The van der Waals surface area contributed by atoms with Crippen molar-refractivity contribution in [1.29, 1.82) is 0 Å². The SMILES string of the molecule is CCCN1C(=O)N[C@H](CCC(=O)N[C@@H]2[C@H]3CCC[C@@H]3[C@H]2c2ccccc2)C1=O. The molecule has 0 aromatic heterocycles. The minimum absolute atomic E-state index is 0.0210. The highest BCUT2D eigenvalue weighted by Crippen LogP contribution is 2.55. The van der Waals surface area contributed by atoms with Crippen LogP contribution < -0.4 is 10.6 Å². The quantitative estimate of drug-likeness (QED) is 0.711. The predicted molar refractivity (Wildman–Crippen MR) is 106 cm³/mol. The molecule has 0 unspecified atom stereocenters. The van der Waals surface area contributed by atoms with Crippen LogP contribution in [-0.4, -0.2) is 41.4 Å². The molecule has 1 aromatic carbocycles. The Morgan fingerprint density at radius 2 is 1.93 bits per heavy atom. The van der Waals surface area contributed by atoms with Gasteiger partial charge in [-0.2, -0.15) is 0 Å². The Morgan fingerprint density at radius 1 is 1.18 bits per heavy atom. The topological polar surface area (TPSA) is 78.5 Å². The van der Waals surface area contributed by atoms with Crippen LogP contribution in [0.5, 0.6) is 0 Å². The van der Waals surface area contributed by atoms with E-state index in [-0.39, 0.29) is 30.3 Å². The highest BCUT2D eigenvalue weighted by Gasteiger charge is 2.53. The second kappa shape index (κ2) is 7.94. The molecule has 4 amide bonds. The molecular formula is C22H29N3O3. The van der Waals surface area contributed by atoms with Gasteiger partial charge < -0.3 is 10.6 Å². The zero-order valence-corrected chi connectivity index (χ0v) is 16.4. The first-order valence-corrected chi connectivity index (χ1v) is 10.6. The lowest BCUT2D eigenvalue weighted by Crippen LogP contribution is -2.56. The monoisotopic (exact) mass is 383 g/mol. The third-order valence-electron chi connectivity index (χ3n) is 6.66. The first kappa shape index (κ1) is 19.0. The number of carbonyl (C=O) groups excluding carboxylic acids is 3. The number of urea groups is 1. The first-order chi connectivity index (χ1) is 13.6. The van der Waals surface area contributed by atoms with Crippen LogP contribution in [0.4, 0.5) is 4.79 Å². The molecule has 150 valence electrons. The van der Waals surface area contributed by atoms with Gasteiger partial charge in [-0.25, -0.2) is 4.79 Å². The van der Waals surface area contributed by atoms with Crippen LogP contribution >= 0.6 is 0 Å². The lowest BCUT2D eigenvalue weighted by atomic mass is 9.60. The van der Waals surface area contributed by atoms with Crippen LogP contribution in [0.25, 0.3) is 0 Å². The molecule has 1 saturated heterocycles. The van der Waals surface area contributed by atoms with Crippen molar-refractivity contribution in [3.63, 3.8) is 0 Å². The number of nitrogens with zero attached hydrogens (tertiary/aromatic N) is 1. The molecule has 5 atom stereocenters. The Kier molecular flexibility index (Phi) is 5.38. The van der Waals surface area contributed by atoms with Crippen molar-refractivity contribution in [3.8, 4) is 0 Å². The summed E-state index contributed by atoms with van der Waals surface area (Å²) < 4.78 is 0. The minimum Gasteiger partial charge on any atom is -0.352 e. The number of fused-ring (bicyclic) bond motifs is 1. The summed E-state index contributed by atoms with van der Waals surface area (Å²) in [6.45, 7) is 2.36. The molecule has 1 heterocycles. The van der Waals surface area contributed by atoms with E-state index in [4.69, 9.17) is 0 Å². The lowest BCUT2D eigenvalue weighted by molar-refractivity contribution is -0.128. The van der Waals surface area contributed by atoms with Crippen LogP contribution in [0.3, 0.4) is 0 Å². The van der Waals surface area contributed by atoms with Gasteiger partial charge in [0, 0.05) is 24.9 Å². The number of hydrogen-bond acceptors (Lipinski definition) is 3. The van der Waals surface area contributed by atoms with Crippen molar-refractivity contribution in [2.24, 2.45) is 11.8 Å². The van der Waals surface area contributed by atoms with E-state index < -0.39 is 6.04 Å². The fourth-order valence-corrected chi connectivity index (χ4v) is 5.36. The normalized spacial score (nSPS) is 31.3. The second-order valence-corrected chi connectivity index (χ2v) is 8.32. The highest BCUT2D eigenvalue weighted by atomic mass is 16.2. The van der Waals surface area contributed by atoms with Gasteiger partial charge in [0.05, 0.1) is 0 Å². The van der Waals surface area contributed by atoms with Gasteiger partial charge in [0.25, 0.3) is 5.91 Å². The lowest BCUT2D eigenvalue weighted by Gasteiger charge is -2.49. The maximum absolute atomic E-state index is 12.6. The van der Waals surface area contributed by atoms with Gasteiger partial charge in [0.15, 0.2) is 0 Å². The number of nitrogens with one attached hydrogen (secondary N) is 2. The van der Waals surface area contributed by atoms with E-state index in [0.717, 1.165) is 6.42 Å². The molecule has 28 heavy (non-hydrogen) atoms. The van der Waals surface area contributed by atoms with E-state index in [2.05, 4.69) is 34.9 Å². The van der Waals surface area contributed by atoms with E-state index in [1.807, 2.05) is 13.0 Å². The summed E-state index contributed by atoms with van der Waals surface area (Å²) in [4.78, 5) is 38.1. The van der Waals surface area contributed by atoms with E-state index in [9.17, 15) is 14.4 Å². The van der Waals surface area contributed by atoms with Crippen molar-refractivity contribution in [3.05, 3.63) is 35.9 Å². The molecule has 2 aliphatic carbocycles. The van der Waals surface area contributed by atoms with Gasteiger partial charge in [-0.1, -0.05) is 43.7 Å². The molecular weight excluding hydrogens is 354 g/mol. The van der Waals surface area contributed by atoms with Crippen molar-refractivity contribution in [1.82, 2.24) is 15.5 Å². The average molecular weight is 383 g/mol. The summed E-state index contributed by atoms with van der Waals surface area (Å²) in [7, 11) is 0. The Labute approximate surface area is 166 Å². The Balaban J connectivity index is 1.33. The van der Waals surface area contributed by atoms with Crippen molar-refractivity contribution >= 4 is 17.8 Å². The van der Waals surface area contributed by atoms with E-state index in [0.29, 0.717) is 30.7 Å². The molecule has 1 aromatic rings. The summed E-state index contributed by atoms with van der Waals surface area (Å²) in [5.74, 6) is 1.41. The molecule has 3 aliphatic rings. The summed E-state index contributed by atoms with van der Waals surface area (Å²) >= 11 is 0. The second-order valence-electron chi connectivity index (χ2n) is 8.32. The van der Waals surface area contributed by atoms with Crippen LogP contribution in [0.1, 0.15) is 56.9 Å². The summed E-state index contributed by atoms with van der Waals surface area (Å²) in [6, 6.07) is 9.74. The standard InChI is InChI=1S/C22H29N3O3/c1-2-13-25-21(27)17(23-22(25)28)11-12-18(26)24-20-16-10-6-9-15(16)19(20)14-7-4-3-5-8-14/h3-5,7-8,15-17,19-20H,2,6,9-13H2,1H3,(H,23,28)(H,24,26)/t15-,16-,17+,19+,20+/m0/s1. The largest absolute Gasteiger partial charge is 0.352 e. The summed E-state index contributed by atoms with van der Waals surface area (Å²) in [5, 5.41) is 5.95. The van der Waals surface area contributed by atoms with Crippen molar-refractivity contribution in [2.45, 2.75) is 63.5 Å². The number of rotatable bonds is 7. The molecule has 4 rings (SSSR count). The molecule has 6 nitrogen and oxygen atoms in total. The van der Waals surface area contributed by atoms with Gasteiger partial charge in [0.2, 0.25) is 5.91 Å². The Morgan fingerprint density at radius 3 is 2.68 bits per heavy atom. The predicted octanol–water partition coefficient (Wildman–Crippen LogP) is 2.80. The van der Waals surface area contributed by atoms with Crippen LogP contribution in [0, 0.1) is 11.8 Å². The van der Waals surface area contributed by atoms with Gasteiger partial charge in [-0.15, -0.1) is 0 Å². The third-order valence-corrected chi connectivity index (χ3v) is 6.66. The number of amides is 4. The zero-order chi connectivity index (χ0) is 19.7. The third kappa shape index (κ3) is 3.40. The maximum Gasteiger partial charge on any atom is 0.324 e. The van der Waals surface area contributed by atoms with Gasteiger partial charge >= 0.3 is 6.03 Å². The van der Waals surface area contributed by atoms with Crippen LogP contribution in [0.2, 0.25) is 0 Å². The van der Waals surface area contributed by atoms with Crippen LogP contribution in [0.15, 0.2) is 30.3 Å². The fraction of sp³-hybridized carbons (Fsp3) is 0.591. The maximum atomic E-state index is 12.6. The first-order valence-electron chi connectivity index (χ1n) is 10.6. The molecule has 0 radical (unpaired) electrons. The van der Waals surface area contributed by atoms with Gasteiger partial charge in [0.1, 0.15) is 6.04 Å². The van der Waals surface area contributed by atoms with E-state index >= 15 is 0 Å². The molecule has 6 heteroatoms. The minimum atomic E-state index is -0.574. The summed E-state index contributed by atoms with van der Waals surface area (Å²) in [5.41, 5.74) is 1.31. The molecule has 0 spiro atoms. The van der Waals surface area contributed by atoms with Crippen LogP contribution in [-0.2, 0) is 9.59 Å². The van der Waals surface area contributed by atoms with Crippen molar-refractivity contribution in [2.75, 3.05) is 6.54 Å². The number of hydrogen-bond donors (Lipinski definition) is 2. The van der Waals surface area contributed by atoms with Crippen molar-refractivity contribution < 1.29 is 14.4 Å². The smallest absolute Gasteiger partial charge is 0.324 e. The fourth-order valence-electron chi connectivity index (χ4n) is 5.36. The average Bonchev–Trinajstić information content (AvgIpc) is 3.22. The molecule has 3 fully saturated rings. The van der Waals surface area contributed by atoms with Gasteiger partial charge in [-0.05, 0) is 43.1 Å². The zero-order valence-electron chi connectivity index (χ0n) is 16.4. The number of carbonyl (C=O) groups is 3. The Bertz CT molecular complexity index is 751. The molecule has 2 N–H and O–H groups in total. The molecule has 2 saturated carbocycles. The number of benzene rings is 1. The van der Waals surface area contributed by atoms with Gasteiger partial charge in [-0.3, -0.25) is 14.5 Å². The molecule has 1 aliphatic heterocycles. The highest BCUT2D eigenvalue weighted by molar-refractivity contribution is 6.04. The summed E-state index contributed by atoms with van der Waals surface area (Å²) in [6.07, 6.45) is 5.01. The number of imide groups is 1. The van der Waals surface area contributed by atoms with E-state index in [1.165, 1.54) is 29.7 Å². The Hall–Kier alpha value is -2.37. The van der Waals surface area contributed by atoms with E-state index in [1.54, 1.807) is 0 Å².